The fourth-order valence-electron chi connectivity index (χ4n) is 2.39. The van der Waals surface area contributed by atoms with Crippen LogP contribution in [0, 0.1) is 11.3 Å². The van der Waals surface area contributed by atoms with E-state index in [2.05, 4.69) is 17.6 Å². The van der Waals surface area contributed by atoms with Crippen molar-refractivity contribution in [2.45, 2.75) is 26.3 Å². The fraction of sp³-hybridized carbons (Fsp3) is 0.889. The highest BCUT2D eigenvalue weighted by Crippen LogP contribution is 2.57. The van der Waals surface area contributed by atoms with E-state index in [4.69, 9.17) is 0 Å². The molecule has 3 nitrogen and oxygen atoms in total. The molecular formula is C9H16N2O. The van der Waals surface area contributed by atoms with Crippen molar-refractivity contribution >= 4 is 5.91 Å². The second-order valence-electron chi connectivity index (χ2n) is 4.17. The predicted molar refractivity (Wildman–Crippen MR) is 46.7 cm³/mol. The molecule has 2 N–H and O–H groups in total. The molecule has 1 saturated heterocycles. The summed E-state index contributed by atoms with van der Waals surface area (Å²) in [5, 5.41) is 6.35. The summed E-state index contributed by atoms with van der Waals surface area (Å²) in [6.45, 7) is 5.80. The van der Waals surface area contributed by atoms with Crippen molar-refractivity contribution in [1.82, 2.24) is 10.6 Å². The Kier molecular flexibility index (Phi) is 1.65. The number of carbonyl (C=O) groups is 1. The van der Waals surface area contributed by atoms with Crippen molar-refractivity contribution in [3.05, 3.63) is 0 Å². The molecule has 2 rings (SSSR count). The minimum Gasteiger partial charge on any atom is -0.356 e. The van der Waals surface area contributed by atoms with Crippen LogP contribution in [0.25, 0.3) is 0 Å². The summed E-state index contributed by atoms with van der Waals surface area (Å²) in [5.41, 5.74) is 0.408. The minimum absolute atomic E-state index is 0.0918. The van der Waals surface area contributed by atoms with Gasteiger partial charge >= 0.3 is 0 Å². The number of rotatable bonds is 2. The fourth-order valence-corrected chi connectivity index (χ4v) is 2.39. The van der Waals surface area contributed by atoms with Crippen LogP contribution in [0.5, 0.6) is 0 Å². The smallest absolute Gasteiger partial charge is 0.216 e. The predicted octanol–water partition coefficient (Wildman–Crippen LogP) is 0.120. The molecule has 68 valence electrons. The van der Waals surface area contributed by atoms with E-state index in [-0.39, 0.29) is 5.91 Å². The molecule has 0 aromatic rings. The third kappa shape index (κ3) is 1.04. The van der Waals surface area contributed by atoms with Crippen LogP contribution in [-0.4, -0.2) is 25.0 Å². The van der Waals surface area contributed by atoms with Crippen LogP contribution < -0.4 is 10.6 Å². The second-order valence-corrected chi connectivity index (χ2v) is 4.17. The van der Waals surface area contributed by atoms with E-state index >= 15 is 0 Å². The molecular weight excluding hydrogens is 152 g/mol. The molecule has 1 aliphatic heterocycles. The molecule has 1 aliphatic carbocycles. The average molecular weight is 168 g/mol. The van der Waals surface area contributed by atoms with Gasteiger partial charge < -0.3 is 10.6 Å². The highest BCUT2D eigenvalue weighted by molar-refractivity contribution is 5.72. The number of nitrogens with one attached hydrogen (secondary N) is 2. The maximum Gasteiger partial charge on any atom is 0.216 e. The average Bonchev–Trinajstić information content (AvgIpc) is 2.65. The van der Waals surface area contributed by atoms with Crippen molar-refractivity contribution in [2.75, 3.05) is 13.1 Å². The van der Waals surface area contributed by atoms with E-state index in [1.807, 2.05) is 0 Å². The number of hydrogen-bond donors (Lipinski definition) is 2. The van der Waals surface area contributed by atoms with E-state index in [1.165, 1.54) is 6.42 Å². The largest absolute Gasteiger partial charge is 0.356 e. The molecule has 1 amide bonds. The van der Waals surface area contributed by atoms with E-state index in [9.17, 15) is 4.79 Å². The first-order chi connectivity index (χ1) is 5.65. The first-order valence-electron chi connectivity index (χ1n) is 4.63. The molecule has 0 aromatic heterocycles. The molecule has 2 fully saturated rings. The van der Waals surface area contributed by atoms with E-state index in [0.29, 0.717) is 11.5 Å². The summed E-state index contributed by atoms with van der Waals surface area (Å²) >= 11 is 0. The molecule has 0 spiro atoms. The van der Waals surface area contributed by atoms with Gasteiger partial charge in [-0.05, 0) is 25.8 Å². The number of fused-ring (bicyclic) bond motifs is 1. The molecule has 3 atom stereocenters. The number of amides is 1. The number of carbonyl (C=O) groups excluding carboxylic acids is 1. The number of piperidine rings is 1. The van der Waals surface area contributed by atoms with Gasteiger partial charge in [0.15, 0.2) is 0 Å². The molecule has 0 aromatic carbocycles. The zero-order valence-corrected chi connectivity index (χ0v) is 7.68. The van der Waals surface area contributed by atoms with Crippen LogP contribution in [0.15, 0.2) is 0 Å². The Hall–Kier alpha value is -0.570. The lowest BCUT2D eigenvalue weighted by Gasteiger charge is -2.19. The van der Waals surface area contributed by atoms with Crippen LogP contribution in [-0.2, 0) is 4.79 Å². The lowest BCUT2D eigenvalue weighted by atomic mass is 9.98. The molecule has 0 bridgehead atoms. The van der Waals surface area contributed by atoms with Crippen LogP contribution in [0.3, 0.4) is 0 Å². The Morgan fingerprint density at radius 2 is 2.50 bits per heavy atom. The van der Waals surface area contributed by atoms with Crippen LogP contribution >= 0.6 is 0 Å². The van der Waals surface area contributed by atoms with Crippen LogP contribution in [0.1, 0.15) is 20.3 Å². The standard InChI is InChI=1S/C9H16N2O/c1-6-9(5-11-7(2)12)3-8(9)4-10-6/h6,8,10H,3-5H2,1-2H3,(H,11,12). The third-order valence-corrected chi connectivity index (χ3v) is 3.48. The zero-order chi connectivity index (χ0) is 8.77. The van der Waals surface area contributed by atoms with Gasteiger partial charge in [-0.15, -0.1) is 0 Å². The Balaban J connectivity index is 1.91. The monoisotopic (exact) mass is 168 g/mol. The van der Waals surface area contributed by atoms with Gasteiger partial charge in [-0.2, -0.15) is 0 Å². The topological polar surface area (TPSA) is 41.1 Å². The quantitative estimate of drug-likeness (QED) is 0.615. The summed E-state index contributed by atoms with van der Waals surface area (Å²) in [4.78, 5) is 10.7. The van der Waals surface area contributed by atoms with Gasteiger partial charge in [0.05, 0.1) is 0 Å². The Bertz CT molecular complexity index is 217. The van der Waals surface area contributed by atoms with Gasteiger partial charge in [-0.3, -0.25) is 4.79 Å². The highest BCUT2D eigenvalue weighted by Gasteiger charge is 2.60. The summed E-state index contributed by atoms with van der Waals surface area (Å²) in [6, 6.07) is 0.578. The van der Waals surface area contributed by atoms with Crippen molar-refractivity contribution < 1.29 is 4.79 Å². The first-order valence-corrected chi connectivity index (χ1v) is 4.63. The normalized spacial score (nSPS) is 43.8. The van der Waals surface area contributed by atoms with Gasteiger partial charge in [-0.25, -0.2) is 0 Å². The molecule has 12 heavy (non-hydrogen) atoms. The lowest BCUT2D eigenvalue weighted by Crippen LogP contribution is -2.37. The summed E-state index contributed by atoms with van der Waals surface area (Å²) in [6.07, 6.45) is 1.29. The second kappa shape index (κ2) is 2.46. The lowest BCUT2D eigenvalue weighted by molar-refractivity contribution is -0.119. The summed E-state index contributed by atoms with van der Waals surface area (Å²) in [5.74, 6) is 0.911. The summed E-state index contributed by atoms with van der Waals surface area (Å²) in [7, 11) is 0. The van der Waals surface area contributed by atoms with Crippen LogP contribution in [0.2, 0.25) is 0 Å². The Morgan fingerprint density at radius 3 is 2.92 bits per heavy atom. The third-order valence-electron chi connectivity index (χ3n) is 3.48. The number of hydrogen-bond acceptors (Lipinski definition) is 2. The molecule has 1 saturated carbocycles. The molecule has 1 heterocycles. The van der Waals surface area contributed by atoms with Gasteiger partial charge in [0, 0.05) is 24.9 Å². The van der Waals surface area contributed by atoms with Crippen LogP contribution in [0.4, 0.5) is 0 Å². The zero-order valence-electron chi connectivity index (χ0n) is 7.68. The molecule has 3 unspecified atom stereocenters. The van der Waals surface area contributed by atoms with Crippen molar-refractivity contribution in [3.8, 4) is 0 Å². The molecule has 3 heteroatoms. The Morgan fingerprint density at radius 1 is 1.75 bits per heavy atom. The van der Waals surface area contributed by atoms with Crippen molar-refractivity contribution in [3.63, 3.8) is 0 Å². The van der Waals surface area contributed by atoms with Gasteiger partial charge in [0.25, 0.3) is 0 Å². The maximum absolute atomic E-state index is 10.7. The highest BCUT2D eigenvalue weighted by atomic mass is 16.1. The van der Waals surface area contributed by atoms with E-state index < -0.39 is 0 Å². The molecule has 0 radical (unpaired) electrons. The van der Waals surface area contributed by atoms with E-state index in [0.717, 1.165) is 19.0 Å². The maximum atomic E-state index is 10.7. The van der Waals surface area contributed by atoms with Crippen molar-refractivity contribution in [1.29, 1.82) is 0 Å². The van der Waals surface area contributed by atoms with Crippen molar-refractivity contribution in [2.24, 2.45) is 11.3 Å². The van der Waals surface area contributed by atoms with E-state index in [1.54, 1.807) is 6.92 Å². The Labute approximate surface area is 72.9 Å². The minimum atomic E-state index is 0.0918. The van der Waals surface area contributed by atoms with Gasteiger partial charge in [0.1, 0.15) is 0 Å². The SMILES string of the molecule is CC(=O)NCC12CC1CNC2C. The van der Waals surface area contributed by atoms with Gasteiger partial charge in [0.2, 0.25) is 5.91 Å². The summed E-state index contributed by atoms with van der Waals surface area (Å²) < 4.78 is 0. The van der Waals surface area contributed by atoms with Gasteiger partial charge in [-0.1, -0.05) is 0 Å². The molecule has 2 aliphatic rings. The first kappa shape index (κ1) is 8.05.